The minimum Gasteiger partial charge on any atom is -0.469 e. The van der Waals surface area contributed by atoms with E-state index in [1.54, 1.807) is 12.1 Å². The number of hydrogen-bond donors (Lipinski definition) is 2. The topological polar surface area (TPSA) is 81.4 Å². The Labute approximate surface area is 109 Å². The van der Waals surface area contributed by atoms with Gasteiger partial charge in [0.2, 0.25) is 0 Å². The van der Waals surface area contributed by atoms with Crippen LogP contribution in [0.1, 0.15) is 21.0 Å². The molecule has 0 spiro atoms. The van der Waals surface area contributed by atoms with Gasteiger partial charge in [-0.05, 0) is 12.1 Å². The van der Waals surface area contributed by atoms with Crippen LogP contribution in [0.3, 0.4) is 0 Å². The molecule has 0 atom stereocenters. The molecular formula is C12H14N2O3S. The largest absolute Gasteiger partial charge is 0.469 e. The SMILES string of the molecule is COC(=O)CCNC(=O)c1ccc(C#CCN)s1. The summed E-state index contributed by atoms with van der Waals surface area (Å²) in [5.74, 6) is 5.00. The first-order valence-electron chi connectivity index (χ1n) is 5.31. The van der Waals surface area contributed by atoms with Crippen LogP contribution in [-0.2, 0) is 9.53 Å². The summed E-state index contributed by atoms with van der Waals surface area (Å²) in [5, 5.41) is 2.63. The zero-order valence-electron chi connectivity index (χ0n) is 9.99. The molecule has 0 saturated carbocycles. The third kappa shape index (κ3) is 4.57. The number of methoxy groups -OCH3 is 1. The van der Waals surface area contributed by atoms with E-state index in [-0.39, 0.29) is 24.8 Å². The molecule has 1 amide bonds. The van der Waals surface area contributed by atoms with Gasteiger partial charge in [-0.3, -0.25) is 9.59 Å². The number of amides is 1. The Morgan fingerprint density at radius 2 is 2.28 bits per heavy atom. The second kappa shape index (κ2) is 7.48. The van der Waals surface area contributed by atoms with Crippen LogP contribution in [0, 0.1) is 11.8 Å². The number of thiophene rings is 1. The minimum atomic E-state index is -0.351. The van der Waals surface area contributed by atoms with Gasteiger partial charge >= 0.3 is 5.97 Å². The maximum absolute atomic E-state index is 11.7. The van der Waals surface area contributed by atoms with Crippen molar-refractivity contribution in [2.24, 2.45) is 5.73 Å². The van der Waals surface area contributed by atoms with Gasteiger partial charge < -0.3 is 15.8 Å². The highest BCUT2D eigenvalue weighted by atomic mass is 32.1. The van der Waals surface area contributed by atoms with Crippen LogP contribution in [0.4, 0.5) is 0 Å². The summed E-state index contributed by atoms with van der Waals surface area (Å²) in [4.78, 5) is 23.9. The highest BCUT2D eigenvalue weighted by Gasteiger charge is 2.08. The fourth-order valence-corrected chi connectivity index (χ4v) is 1.93. The van der Waals surface area contributed by atoms with Crippen molar-refractivity contribution >= 4 is 23.2 Å². The van der Waals surface area contributed by atoms with Crippen LogP contribution in [-0.4, -0.2) is 32.1 Å². The number of esters is 1. The van der Waals surface area contributed by atoms with Crippen molar-refractivity contribution < 1.29 is 14.3 Å². The molecule has 1 aromatic rings. The van der Waals surface area contributed by atoms with Crippen LogP contribution in [0.25, 0.3) is 0 Å². The van der Waals surface area contributed by atoms with Crippen molar-refractivity contribution in [3.05, 3.63) is 21.9 Å². The van der Waals surface area contributed by atoms with E-state index in [9.17, 15) is 9.59 Å². The molecule has 0 fully saturated rings. The summed E-state index contributed by atoms with van der Waals surface area (Å²) in [6, 6.07) is 3.46. The van der Waals surface area contributed by atoms with Crippen LogP contribution < -0.4 is 11.1 Å². The number of nitrogens with one attached hydrogen (secondary N) is 1. The van der Waals surface area contributed by atoms with Crippen molar-refractivity contribution in [1.29, 1.82) is 0 Å². The predicted octanol–water partition coefficient (Wildman–Crippen LogP) is 0.351. The Morgan fingerprint density at radius 1 is 1.50 bits per heavy atom. The van der Waals surface area contributed by atoms with Crippen molar-refractivity contribution in [3.63, 3.8) is 0 Å². The molecule has 0 unspecified atom stereocenters. The Balaban J connectivity index is 2.47. The minimum absolute atomic E-state index is 0.160. The summed E-state index contributed by atoms with van der Waals surface area (Å²) in [6.07, 6.45) is 0.160. The number of carbonyl (C=O) groups excluding carboxylic acids is 2. The molecule has 0 radical (unpaired) electrons. The Kier molecular flexibility index (Phi) is 5.91. The first-order valence-corrected chi connectivity index (χ1v) is 6.12. The van der Waals surface area contributed by atoms with Gasteiger partial charge in [-0.15, -0.1) is 11.3 Å². The van der Waals surface area contributed by atoms with Crippen molar-refractivity contribution in [2.45, 2.75) is 6.42 Å². The second-order valence-electron chi connectivity index (χ2n) is 3.25. The van der Waals surface area contributed by atoms with Gasteiger partial charge in [-0.2, -0.15) is 0 Å². The maximum atomic E-state index is 11.7. The molecular weight excluding hydrogens is 252 g/mol. The zero-order chi connectivity index (χ0) is 13.4. The third-order valence-electron chi connectivity index (χ3n) is 1.99. The van der Waals surface area contributed by atoms with Gasteiger partial charge in [-0.1, -0.05) is 11.8 Å². The van der Waals surface area contributed by atoms with Gasteiger partial charge in [0.05, 0.1) is 29.8 Å². The predicted molar refractivity (Wildman–Crippen MR) is 69.2 cm³/mol. The molecule has 1 aromatic heterocycles. The fourth-order valence-electron chi connectivity index (χ4n) is 1.13. The molecule has 6 heteroatoms. The molecule has 0 saturated heterocycles. The lowest BCUT2D eigenvalue weighted by Gasteiger charge is -2.01. The van der Waals surface area contributed by atoms with Gasteiger partial charge in [0.1, 0.15) is 0 Å². The molecule has 3 N–H and O–H groups in total. The molecule has 0 aliphatic rings. The van der Waals surface area contributed by atoms with Crippen molar-refractivity contribution in [1.82, 2.24) is 5.32 Å². The molecule has 18 heavy (non-hydrogen) atoms. The number of carbonyl (C=O) groups is 2. The molecule has 0 aromatic carbocycles. The van der Waals surface area contributed by atoms with Crippen LogP contribution in [0.15, 0.2) is 12.1 Å². The normalized spacial score (nSPS) is 9.22. The lowest BCUT2D eigenvalue weighted by Crippen LogP contribution is -2.25. The molecule has 0 aliphatic carbocycles. The summed E-state index contributed by atoms with van der Waals surface area (Å²) in [7, 11) is 1.31. The Bertz CT molecular complexity index is 485. The van der Waals surface area contributed by atoms with E-state index in [1.165, 1.54) is 18.4 Å². The van der Waals surface area contributed by atoms with E-state index in [1.807, 2.05) is 0 Å². The Morgan fingerprint density at radius 3 is 2.94 bits per heavy atom. The quantitative estimate of drug-likeness (QED) is 0.608. The number of ether oxygens (including phenoxy) is 1. The van der Waals surface area contributed by atoms with Gasteiger partial charge in [0, 0.05) is 6.54 Å². The van der Waals surface area contributed by atoms with E-state index in [4.69, 9.17) is 5.73 Å². The first-order chi connectivity index (χ1) is 8.67. The number of rotatable bonds is 4. The zero-order valence-corrected chi connectivity index (χ0v) is 10.8. The van der Waals surface area contributed by atoms with Crippen LogP contribution in [0.5, 0.6) is 0 Å². The van der Waals surface area contributed by atoms with E-state index >= 15 is 0 Å². The maximum Gasteiger partial charge on any atom is 0.307 e. The van der Waals surface area contributed by atoms with Crippen LogP contribution in [0.2, 0.25) is 0 Å². The summed E-state index contributed by atoms with van der Waals surface area (Å²) >= 11 is 1.29. The smallest absolute Gasteiger partial charge is 0.307 e. The molecule has 1 rings (SSSR count). The van der Waals surface area contributed by atoms with Crippen LogP contribution >= 0.6 is 11.3 Å². The monoisotopic (exact) mass is 266 g/mol. The highest BCUT2D eigenvalue weighted by molar-refractivity contribution is 7.14. The summed E-state index contributed by atoms with van der Waals surface area (Å²) in [5.41, 5.74) is 5.26. The van der Waals surface area contributed by atoms with E-state index in [0.29, 0.717) is 11.4 Å². The second-order valence-corrected chi connectivity index (χ2v) is 4.34. The first kappa shape index (κ1) is 14.2. The fraction of sp³-hybridized carbons (Fsp3) is 0.333. The Hall–Kier alpha value is -1.84. The highest BCUT2D eigenvalue weighted by Crippen LogP contribution is 2.14. The number of hydrogen-bond acceptors (Lipinski definition) is 5. The molecule has 96 valence electrons. The average Bonchev–Trinajstić information content (AvgIpc) is 2.84. The number of nitrogens with two attached hydrogens (primary N) is 1. The van der Waals surface area contributed by atoms with E-state index in [0.717, 1.165) is 4.88 Å². The molecule has 0 bridgehead atoms. The molecule has 0 aliphatic heterocycles. The van der Waals surface area contributed by atoms with Gasteiger partial charge in [0.15, 0.2) is 0 Å². The lowest BCUT2D eigenvalue weighted by atomic mass is 10.4. The third-order valence-corrected chi connectivity index (χ3v) is 2.99. The molecule has 5 nitrogen and oxygen atoms in total. The molecule has 1 heterocycles. The summed E-state index contributed by atoms with van der Waals surface area (Å²) < 4.78 is 4.47. The van der Waals surface area contributed by atoms with E-state index < -0.39 is 0 Å². The van der Waals surface area contributed by atoms with Crippen molar-refractivity contribution in [2.75, 3.05) is 20.2 Å². The lowest BCUT2D eigenvalue weighted by molar-refractivity contribution is -0.140. The van der Waals surface area contributed by atoms with Gasteiger partial charge in [-0.25, -0.2) is 0 Å². The van der Waals surface area contributed by atoms with Crippen molar-refractivity contribution in [3.8, 4) is 11.8 Å². The summed E-state index contributed by atoms with van der Waals surface area (Å²) in [6.45, 7) is 0.547. The van der Waals surface area contributed by atoms with E-state index in [2.05, 4.69) is 21.9 Å². The average molecular weight is 266 g/mol. The van der Waals surface area contributed by atoms with Gasteiger partial charge in [0.25, 0.3) is 5.91 Å². The standard InChI is InChI=1S/C12H14N2O3S/c1-17-11(15)6-8-14-12(16)10-5-4-9(18-10)3-2-7-13/h4-5H,6-8,13H2,1H3,(H,14,16).